The van der Waals surface area contributed by atoms with Gasteiger partial charge in [-0.3, -0.25) is 4.79 Å². The summed E-state index contributed by atoms with van der Waals surface area (Å²) >= 11 is 0. The van der Waals surface area contributed by atoms with Gasteiger partial charge in [-0.2, -0.15) is 0 Å². The second kappa shape index (κ2) is 5.21. The minimum atomic E-state index is -0.276. The molecule has 0 aliphatic heterocycles. The van der Waals surface area contributed by atoms with E-state index in [1.54, 1.807) is 24.3 Å². The van der Waals surface area contributed by atoms with Crippen LogP contribution in [0.25, 0.3) is 0 Å². The van der Waals surface area contributed by atoms with Gasteiger partial charge in [0.05, 0.1) is 6.04 Å². The molecule has 0 aromatic heterocycles. The lowest BCUT2D eigenvalue weighted by atomic mass is 10.0. The fraction of sp³-hybridized carbons (Fsp3) is 0.250. The van der Waals surface area contributed by atoms with Crippen LogP contribution in [-0.4, -0.2) is 17.1 Å². The van der Waals surface area contributed by atoms with Crippen molar-refractivity contribution < 1.29 is 9.90 Å². The molecule has 0 heterocycles. The molecule has 4 heteroatoms. The summed E-state index contributed by atoms with van der Waals surface area (Å²) in [6, 6.07) is 6.49. The van der Waals surface area contributed by atoms with Crippen LogP contribution in [0.15, 0.2) is 36.5 Å². The highest BCUT2D eigenvalue weighted by molar-refractivity contribution is 5.73. The lowest BCUT2D eigenvalue weighted by molar-refractivity contribution is -0.119. The van der Waals surface area contributed by atoms with Gasteiger partial charge in [0, 0.05) is 12.6 Å². The smallest absolute Gasteiger partial charge is 0.217 e. The Morgan fingerprint density at radius 2 is 2.06 bits per heavy atom. The van der Waals surface area contributed by atoms with Crippen LogP contribution >= 0.6 is 0 Å². The standard InChI is InChI=1S/C12H16N2O2/c1-8(13)12(14-9(2)15)7-10-3-5-11(16)6-4-10/h3-6,12,16H,1,7,13H2,2H3,(H,14,15). The van der Waals surface area contributed by atoms with E-state index >= 15 is 0 Å². The average Bonchev–Trinajstić information content (AvgIpc) is 2.19. The number of phenolic OH excluding ortho intramolecular Hbond substituents is 1. The topological polar surface area (TPSA) is 75.3 Å². The number of hydrogen-bond donors (Lipinski definition) is 3. The van der Waals surface area contributed by atoms with Crippen LogP contribution in [-0.2, 0) is 11.2 Å². The van der Waals surface area contributed by atoms with Gasteiger partial charge in [0.2, 0.25) is 5.91 Å². The van der Waals surface area contributed by atoms with E-state index in [0.717, 1.165) is 5.56 Å². The molecule has 0 saturated heterocycles. The molecular weight excluding hydrogens is 204 g/mol. The first-order valence-corrected chi connectivity index (χ1v) is 4.98. The number of nitrogens with two attached hydrogens (primary N) is 1. The average molecular weight is 220 g/mol. The molecule has 0 saturated carbocycles. The van der Waals surface area contributed by atoms with Crippen LogP contribution in [0, 0.1) is 0 Å². The SMILES string of the molecule is C=C(N)C(Cc1ccc(O)cc1)NC(C)=O. The molecule has 16 heavy (non-hydrogen) atoms. The first-order valence-electron chi connectivity index (χ1n) is 4.98. The van der Waals surface area contributed by atoms with Crippen molar-refractivity contribution in [3.05, 3.63) is 42.1 Å². The summed E-state index contributed by atoms with van der Waals surface area (Å²) in [5, 5.41) is 11.8. The normalized spacial score (nSPS) is 11.8. The molecule has 4 N–H and O–H groups in total. The van der Waals surface area contributed by atoms with Crippen LogP contribution in [0.5, 0.6) is 5.75 Å². The Labute approximate surface area is 94.8 Å². The maximum absolute atomic E-state index is 11.0. The molecule has 0 aliphatic rings. The molecule has 1 unspecified atom stereocenters. The lowest BCUT2D eigenvalue weighted by Crippen LogP contribution is -2.38. The summed E-state index contributed by atoms with van der Waals surface area (Å²) in [7, 11) is 0. The third-order valence-corrected chi connectivity index (χ3v) is 2.20. The van der Waals surface area contributed by atoms with Crippen LogP contribution in [0.2, 0.25) is 0 Å². The predicted octanol–water partition coefficient (Wildman–Crippen LogP) is 0.912. The van der Waals surface area contributed by atoms with Crippen molar-refractivity contribution in [2.45, 2.75) is 19.4 Å². The molecule has 1 aromatic rings. The third-order valence-electron chi connectivity index (χ3n) is 2.20. The number of hydrogen-bond acceptors (Lipinski definition) is 3. The highest BCUT2D eigenvalue weighted by Crippen LogP contribution is 2.12. The van der Waals surface area contributed by atoms with Crippen LogP contribution in [0.1, 0.15) is 12.5 Å². The number of rotatable bonds is 4. The van der Waals surface area contributed by atoms with Gasteiger partial charge >= 0.3 is 0 Å². The van der Waals surface area contributed by atoms with Gasteiger partial charge in [0.25, 0.3) is 0 Å². The highest BCUT2D eigenvalue weighted by atomic mass is 16.3. The number of benzene rings is 1. The van der Waals surface area contributed by atoms with Crippen molar-refractivity contribution in [2.75, 3.05) is 0 Å². The number of carbonyl (C=O) groups excluding carboxylic acids is 1. The van der Waals surface area contributed by atoms with Crippen molar-refractivity contribution in [1.29, 1.82) is 0 Å². The monoisotopic (exact) mass is 220 g/mol. The maximum atomic E-state index is 11.0. The summed E-state index contributed by atoms with van der Waals surface area (Å²) in [5.41, 5.74) is 7.00. The Morgan fingerprint density at radius 3 is 2.50 bits per heavy atom. The van der Waals surface area contributed by atoms with Crippen molar-refractivity contribution >= 4 is 5.91 Å². The van der Waals surface area contributed by atoms with Gasteiger partial charge in [-0.05, 0) is 24.1 Å². The second-order valence-electron chi connectivity index (χ2n) is 3.70. The molecule has 1 aromatic carbocycles. The highest BCUT2D eigenvalue weighted by Gasteiger charge is 2.12. The van der Waals surface area contributed by atoms with Gasteiger partial charge in [0.15, 0.2) is 0 Å². The molecular formula is C12H16N2O2. The summed E-state index contributed by atoms with van der Waals surface area (Å²) in [4.78, 5) is 11.0. The number of aromatic hydroxyl groups is 1. The van der Waals surface area contributed by atoms with E-state index in [9.17, 15) is 4.79 Å². The number of carbonyl (C=O) groups is 1. The van der Waals surface area contributed by atoms with E-state index in [1.807, 2.05) is 0 Å². The van der Waals surface area contributed by atoms with E-state index in [2.05, 4.69) is 11.9 Å². The van der Waals surface area contributed by atoms with Gasteiger partial charge < -0.3 is 16.2 Å². The zero-order valence-corrected chi connectivity index (χ0v) is 9.23. The van der Waals surface area contributed by atoms with Gasteiger partial charge in [-0.25, -0.2) is 0 Å². The molecule has 1 rings (SSSR count). The maximum Gasteiger partial charge on any atom is 0.217 e. The van der Waals surface area contributed by atoms with Gasteiger partial charge in [0.1, 0.15) is 5.75 Å². The summed E-state index contributed by atoms with van der Waals surface area (Å²) in [5.74, 6) is 0.0711. The van der Waals surface area contributed by atoms with E-state index in [4.69, 9.17) is 10.8 Å². The van der Waals surface area contributed by atoms with E-state index < -0.39 is 0 Å². The third kappa shape index (κ3) is 3.65. The van der Waals surface area contributed by atoms with Crippen molar-refractivity contribution in [3.8, 4) is 5.75 Å². The first-order chi connectivity index (χ1) is 7.49. The number of phenols is 1. The van der Waals surface area contributed by atoms with Crippen molar-refractivity contribution in [3.63, 3.8) is 0 Å². The molecule has 1 atom stereocenters. The molecule has 1 amide bonds. The first kappa shape index (κ1) is 12.1. The van der Waals surface area contributed by atoms with E-state index in [0.29, 0.717) is 12.1 Å². The van der Waals surface area contributed by atoms with Crippen LogP contribution in [0.3, 0.4) is 0 Å². The Kier molecular flexibility index (Phi) is 3.94. The Morgan fingerprint density at radius 1 is 1.50 bits per heavy atom. The minimum absolute atomic E-state index is 0.143. The predicted molar refractivity (Wildman–Crippen MR) is 62.7 cm³/mol. The summed E-state index contributed by atoms with van der Waals surface area (Å²) < 4.78 is 0. The zero-order valence-electron chi connectivity index (χ0n) is 9.23. The zero-order chi connectivity index (χ0) is 12.1. The van der Waals surface area contributed by atoms with Crippen molar-refractivity contribution in [2.24, 2.45) is 5.73 Å². The van der Waals surface area contributed by atoms with E-state index in [-0.39, 0.29) is 17.7 Å². The largest absolute Gasteiger partial charge is 0.508 e. The number of nitrogens with one attached hydrogen (secondary N) is 1. The van der Waals surface area contributed by atoms with Crippen LogP contribution < -0.4 is 11.1 Å². The van der Waals surface area contributed by atoms with Crippen LogP contribution in [0.4, 0.5) is 0 Å². The molecule has 0 fully saturated rings. The fourth-order valence-corrected chi connectivity index (χ4v) is 1.39. The molecule has 0 spiro atoms. The van der Waals surface area contributed by atoms with E-state index in [1.165, 1.54) is 6.92 Å². The quantitative estimate of drug-likeness (QED) is 0.706. The Bertz CT molecular complexity index is 385. The molecule has 4 nitrogen and oxygen atoms in total. The van der Waals surface area contributed by atoms with Crippen molar-refractivity contribution in [1.82, 2.24) is 5.32 Å². The lowest BCUT2D eigenvalue weighted by Gasteiger charge is -2.17. The Balaban J connectivity index is 2.71. The second-order valence-corrected chi connectivity index (χ2v) is 3.70. The minimum Gasteiger partial charge on any atom is -0.508 e. The van der Waals surface area contributed by atoms with Gasteiger partial charge in [-0.15, -0.1) is 0 Å². The molecule has 0 aliphatic carbocycles. The molecule has 86 valence electrons. The van der Waals surface area contributed by atoms with Gasteiger partial charge in [-0.1, -0.05) is 18.7 Å². The summed E-state index contributed by atoms with van der Waals surface area (Å²) in [6.07, 6.45) is 0.565. The molecule has 0 radical (unpaired) electrons. The fourth-order valence-electron chi connectivity index (χ4n) is 1.39. The summed E-state index contributed by atoms with van der Waals surface area (Å²) in [6.45, 7) is 5.07. The number of amides is 1. The Hall–Kier alpha value is -1.97. The molecule has 0 bridgehead atoms.